The molecule has 2 aliphatic rings. The van der Waals surface area contributed by atoms with Crippen LogP contribution in [-0.2, 0) is 9.59 Å². The zero-order chi connectivity index (χ0) is 30.1. The first-order valence-corrected chi connectivity index (χ1v) is 14.6. The molecule has 2 amide bonds. The maximum absolute atomic E-state index is 14.1. The Bertz CT molecular complexity index is 1010. The molecule has 224 valence electrons. The van der Waals surface area contributed by atoms with E-state index in [-0.39, 0.29) is 21.9 Å². The van der Waals surface area contributed by atoms with Gasteiger partial charge in [0.05, 0.1) is 10.1 Å². The lowest BCUT2D eigenvalue weighted by molar-refractivity contribution is -0.110. The van der Waals surface area contributed by atoms with Crippen LogP contribution in [0, 0.1) is 23.1 Å². The number of rotatable bonds is 10. The zero-order valence-corrected chi connectivity index (χ0v) is 25.8. The number of hydrogen-bond acceptors (Lipinski definition) is 3. The highest BCUT2D eigenvalue weighted by Crippen LogP contribution is 2.32. The van der Waals surface area contributed by atoms with E-state index < -0.39 is 11.6 Å². The van der Waals surface area contributed by atoms with Gasteiger partial charge in [0.2, 0.25) is 12.8 Å². The van der Waals surface area contributed by atoms with Crippen LogP contribution < -0.4 is 16.0 Å². The van der Waals surface area contributed by atoms with E-state index in [2.05, 4.69) is 43.6 Å². The van der Waals surface area contributed by atoms with Crippen LogP contribution in [0.3, 0.4) is 0 Å². The summed E-state index contributed by atoms with van der Waals surface area (Å²) in [6, 6.07) is 4.63. The van der Waals surface area contributed by atoms with Crippen molar-refractivity contribution >= 4 is 36.0 Å². The first kappa shape index (κ1) is 35.8. The summed E-state index contributed by atoms with van der Waals surface area (Å²) >= 11 is 11.7. The summed E-state index contributed by atoms with van der Waals surface area (Å²) in [4.78, 5) is 20.2. The van der Waals surface area contributed by atoms with Crippen LogP contribution in [0.4, 0.5) is 8.78 Å². The van der Waals surface area contributed by atoms with Gasteiger partial charge in [-0.25, -0.2) is 8.78 Å². The van der Waals surface area contributed by atoms with Gasteiger partial charge < -0.3 is 16.0 Å². The Morgan fingerprint density at radius 1 is 1.12 bits per heavy atom. The van der Waals surface area contributed by atoms with E-state index in [4.69, 9.17) is 23.2 Å². The molecular formula is C31H45Cl2F2N3O2. The lowest BCUT2D eigenvalue weighted by atomic mass is 9.88. The molecule has 5 nitrogen and oxygen atoms in total. The van der Waals surface area contributed by atoms with Gasteiger partial charge in [0.1, 0.15) is 11.6 Å². The first-order valence-electron chi connectivity index (χ1n) is 13.8. The van der Waals surface area contributed by atoms with Crippen molar-refractivity contribution in [1.82, 2.24) is 16.0 Å². The topological polar surface area (TPSA) is 70.2 Å². The van der Waals surface area contributed by atoms with Gasteiger partial charge >= 0.3 is 0 Å². The molecule has 40 heavy (non-hydrogen) atoms. The van der Waals surface area contributed by atoms with E-state index in [1.54, 1.807) is 25.1 Å². The summed E-state index contributed by atoms with van der Waals surface area (Å²) in [6.45, 7) is 12.6. The van der Waals surface area contributed by atoms with Crippen LogP contribution >= 0.6 is 23.2 Å². The predicted octanol–water partition coefficient (Wildman–Crippen LogP) is 7.77. The van der Waals surface area contributed by atoms with Crippen molar-refractivity contribution in [2.24, 2.45) is 17.3 Å². The number of carbonyl (C=O) groups is 2. The molecular weight excluding hydrogens is 555 g/mol. The standard InChI is InChI=1S/C18H18Cl2F2N2O.C8H15NO.C5H12/c1-11(24-10-25)6-15(19)17(21)5-3-13-8-23-9-14(13)12-2-4-18(22)16(20)7-12;10-7-9-6-5-8-3-1-2-4-8;1-5(2,3)4/h2-7,10,13-14,23H,8-9H2,1H3,(H,24,25);7-8H,1-6H2,(H,9,10);1-4H3/b5-3+,11-6+,17-15-;;/t13-,14-;;/m1../s1. The summed E-state index contributed by atoms with van der Waals surface area (Å²) in [5.41, 5.74) is 1.83. The second-order valence-electron chi connectivity index (χ2n) is 11.8. The Labute approximate surface area is 248 Å². The fourth-order valence-electron chi connectivity index (χ4n) is 4.34. The molecule has 1 heterocycles. The molecule has 3 rings (SSSR count). The van der Waals surface area contributed by atoms with Crippen molar-refractivity contribution in [3.63, 3.8) is 0 Å². The molecule has 1 saturated heterocycles. The molecule has 1 aromatic rings. The number of halogens is 4. The fraction of sp³-hybridized carbons (Fsp3) is 0.548. The van der Waals surface area contributed by atoms with E-state index in [9.17, 15) is 18.4 Å². The highest BCUT2D eigenvalue weighted by molar-refractivity contribution is 6.31. The van der Waals surface area contributed by atoms with E-state index >= 15 is 0 Å². The number of hydrogen-bond donors (Lipinski definition) is 3. The van der Waals surface area contributed by atoms with Crippen LogP contribution in [0.2, 0.25) is 5.02 Å². The molecule has 0 bridgehead atoms. The van der Waals surface area contributed by atoms with Gasteiger partial charge in [-0.3, -0.25) is 9.59 Å². The van der Waals surface area contributed by atoms with Crippen LogP contribution in [0.5, 0.6) is 0 Å². The number of allylic oxidation sites excluding steroid dienone is 5. The van der Waals surface area contributed by atoms with Gasteiger partial charge in [0.25, 0.3) is 0 Å². The van der Waals surface area contributed by atoms with Crippen molar-refractivity contribution < 1.29 is 18.4 Å². The number of carbonyl (C=O) groups excluding carboxylic acids is 2. The Hall–Kier alpha value is -2.22. The first-order chi connectivity index (χ1) is 18.8. The third kappa shape index (κ3) is 15.5. The highest BCUT2D eigenvalue weighted by atomic mass is 35.5. The molecule has 1 aromatic carbocycles. The molecule has 2 atom stereocenters. The molecule has 1 aliphatic heterocycles. The molecule has 0 spiro atoms. The van der Waals surface area contributed by atoms with E-state index in [1.807, 2.05) is 0 Å². The Balaban J connectivity index is 0.000000436. The summed E-state index contributed by atoms with van der Waals surface area (Å²) in [5, 5.41) is 8.29. The molecule has 0 unspecified atom stereocenters. The largest absolute Gasteiger partial charge is 0.359 e. The molecule has 1 aliphatic carbocycles. The van der Waals surface area contributed by atoms with Crippen LogP contribution in [0.25, 0.3) is 0 Å². The lowest BCUT2D eigenvalue weighted by Crippen LogP contribution is -2.14. The molecule has 9 heteroatoms. The van der Waals surface area contributed by atoms with E-state index in [0.29, 0.717) is 30.6 Å². The Kier molecular flexibility index (Phi) is 17.0. The minimum atomic E-state index is -0.600. The third-order valence-corrected chi connectivity index (χ3v) is 6.81. The maximum atomic E-state index is 14.1. The second kappa shape index (κ2) is 19.0. The average Bonchev–Trinajstić information content (AvgIpc) is 3.56. The smallest absolute Gasteiger partial charge is 0.211 e. The second-order valence-corrected chi connectivity index (χ2v) is 12.6. The molecule has 0 radical (unpaired) electrons. The number of benzene rings is 1. The zero-order valence-electron chi connectivity index (χ0n) is 24.3. The third-order valence-electron chi connectivity index (χ3n) is 6.24. The van der Waals surface area contributed by atoms with Gasteiger partial charge in [-0.05, 0) is 60.4 Å². The average molecular weight is 601 g/mol. The molecule has 2 fully saturated rings. The predicted molar refractivity (Wildman–Crippen MR) is 162 cm³/mol. The van der Waals surface area contributed by atoms with Gasteiger partial charge in [0.15, 0.2) is 0 Å². The number of nitrogens with one attached hydrogen (secondary N) is 3. The summed E-state index contributed by atoms with van der Waals surface area (Å²) in [6.07, 6.45) is 12.4. The Morgan fingerprint density at radius 3 is 2.35 bits per heavy atom. The summed E-state index contributed by atoms with van der Waals surface area (Å²) in [5.74, 6) is -0.0795. The summed E-state index contributed by atoms with van der Waals surface area (Å²) < 4.78 is 27.4. The quantitative estimate of drug-likeness (QED) is 0.146. The monoisotopic (exact) mass is 599 g/mol. The van der Waals surface area contributed by atoms with Gasteiger partial charge in [0, 0.05) is 31.2 Å². The van der Waals surface area contributed by atoms with Crippen LogP contribution in [0.1, 0.15) is 78.2 Å². The van der Waals surface area contributed by atoms with Crippen molar-refractivity contribution in [3.05, 3.63) is 69.4 Å². The van der Waals surface area contributed by atoms with Gasteiger partial charge in [-0.15, -0.1) is 0 Å². The van der Waals surface area contributed by atoms with Crippen molar-refractivity contribution in [2.45, 2.75) is 72.6 Å². The molecule has 0 aromatic heterocycles. The van der Waals surface area contributed by atoms with Gasteiger partial charge in [-0.1, -0.05) is 88.7 Å². The van der Waals surface area contributed by atoms with E-state index in [1.165, 1.54) is 50.3 Å². The number of amides is 2. The van der Waals surface area contributed by atoms with Crippen molar-refractivity contribution in [3.8, 4) is 0 Å². The SMILES string of the molecule is CC(C)(C)C.C\C(=C/C(Cl)=C(F)\C=C\[C@@H]1CNC[C@@H]1c1ccc(F)c(Cl)c1)NC=O.O=CNCCC1CCCC1. The minimum Gasteiger partial charge on any atom is -0.359 e. The van der Waals surface area contributed by atoms with Crippen LogP contribution in [-0.4, -0.2) is 32.5 Å². The normalized spacial score (nSPS) is 20.2. The van der Waals surface area contributed by atoms with Crippen molar-refractivity contribution in [1.29, 1.82) is 0 Å². The Morgan fingerprint density at radius 2 is 1.77 bits per heavy atom. The molecule has 3 N–H and O–H groups in total. The molecule has 1 saturated carbocycles. The van der Waals surface area contributed by atoms with Crippen LogP contribution in [0.15, 0.2) is 53.0 Å². The maximum Gasteiger partial charge on any atom is 0.211 e. The fourth-order valence-corrected chi connectivity index (χ4v) is 4.75. The van der Waals surface area contributed by atoms with Gasteiger partial charge in [-0.2, -0.15) is 0 Å². The minimum absolute atomic E-state index is 0.0231. The highest BCUT2D eigenvalue weighted by Gasteiger charge is 2.27. The van der Waals surface area contributed by atoms with E-state index in [0.717, 1.165) is 24.4 Å². The lowest BCUT2D eigenvalue weighted by Gasteiger charge is -2.16. The summed E-state index contributed by atoms with van der Waals surface area (Å²) in [7, 11) is 0. The van der Waals surface area contributed by atoms with Crippen molar-refractivity contribution in [2.75, 3.05) is 19.6 Å².